The van der Waals surface area contributed by atoms with E-state index < -0.39 is 5.97 Å². The predicted octanol–water partition coefficient (Wildman–Crippen LogP) is 3.90. The van der Waals surface area contributed by atoms with Crippen LogP contribution in [0.2, 0.25) is 0 Å². The van der Waals surface area contributed by atoms with Crippen LogP contribution in [-0.2, 0) is 4.74 Å². The molecule has 1 heterocycles. The van der Waals surface area contributed by atoms with Gasteiger partial charge in [-0.1, -0.05) is 11.6 Å². The van der Waals surface area contributed by atoms with Crippen LogP contribution in [0.5, 0.6) is 5.75 Å². The van der Waals surface area contributed by atoms with Crippen molar-refractivity contribution in [3.8, 4) is 5.75 Å². The highest BCUT2D eigenvalue weighted by Crippen LogP contribution is 2.25. The molecule has 3 rings (SSSR count). The van der Waals surface area contributed by atoms with Crippen molar-refractivity contribution in [1.29, 1.82) is 0 Å². The highest BCUT2D eigenvalue weighted by atomic mass is 16.5. The van der Waals surface area contributed by atoms with Crippen LogP contribution in [0.25, 0.3) is 10.9 Å². The van der Waals surface area contributed by atoms with Crippen molar-refractivity contribution < 1.29 is 19.1 Å². The zero-order valence-electron chi connectivity index (χ0n) is 15.6. The van der Waals surface area contributed by atoms with Gasteiger partial charge < -0.3 is 14.8 Å². The fourth-order valence-corrected chi connectivity index (χ4v) is 2.85. The Morgan fingerprint density at radius 2 is 1.74 bits per heavy atom. The summed E-state index contributed by atoms with van der Waals surface area (Å²) in [7, 11) is 2.79. The van der Waals surface area contributed by atoms with Gasteiger partial charge in [0, 0.05) is 5.39 Å². The standard InChI is InChI=1S/C21H20N2O4/c1-12-5-7-18-14(9-12)10-16(13(2)22-18)20(24)23-19-8-6-15(26-3)11-17(19)21(25)27-4/h5-11H,1-4H3,(H,23,24). The second kappa shape index (κ2) is 7.45. The number of ether oxygens (including phenoxy) is 2. The molecular formula is C21H20N2O4. The average Bonchev–Trinajstić information content (AvgIpc) is 2.67. The number of fused-ring (bicyclic) bond motifs is 1. The normalized spacial score (nSPS) is 10.5. The maximum absolute atomic E-state index is 12.8. The lowest BCUT2D eigenvalue weighted by Crippen LogP contribution is -2.17. The highest BCUT2D eigenvalue weighted by Gasteiger charge is 2.18. The van der Waals surface area contributed by atoms with Crippen molar-refractivity contribution in [3.05, 3.63) is 64.8 Å². The summed E-state index contributed by atoms with van der Waals surface area (Å²) in [5.41, 5.74) is 3.53. The van der Waals surface area contributed by atoms with Crippen molar-refractivity contribution in [2.45, 2.75) is 13.8 Å². The molecule has 0 saturated heterocycles. The number of methoxy groups -OCH3 is 2. The quantitative estimate of drug-likeness (QED) is 0.711. The number of nitrogens with zero attached hydrogens (tertiary/aromatic N) is 1. The number of pyridine rings is 1. The van der Waals surface area contributed by atoms with E-state index in [1.54, 1.807) is 25.1 Å². The van der Waals surface area contributed by atoms with Crippen LogP contribution in [0.1, 0.15) is 32.0 Å². The smallest absolute Gasteiger partial charge is 0.340 e. The lowest BCUT2D eigenvalue weighted by Gasteiger charge is -2.13. The predicted molar refractivity (Wildman–Crippen MR) is 104 cm³/mol. The van der Waals surface area contributed by atoms with E-state index in [0.717, 1.165) is 16.5 Å². The van der Waals surface area contributed by atoms with Crippen molar-refractivity contribution in [1.82, 2.24) is 4.98 Å². The van der Waals surface area contributed by atoms with Gasteiger partial charge in [0.05, 0.1) is 42.2 Å². The first-order valence-electron chi connectivity index (χ1n) is 8.38. The van der Waals surface area contributed by atoms with Crippen LogP contribution in [0.15, 0.2) is 42.5 Å². The van der Waals surface area contributed by atoms with Crippen LogP contribution >= 0.6 is 0 Å². The fraction of sp³-hybridized carbons (Fsp3) is 0.190. The molecule has 3 aromatic rings. The molecule has 2 aromatic carbocycles. The SMILES string of the molecule is COC(=O)c1cc(OC)ccc1NC(=O)c1cc2cc(C)ccc2nc1C. The first kappa shape index (κ1) is 18.4. The van der Waals surface area contributed by atoms with Crippen molar-refractivity contribution in [3.63, 3.8) is 0 Å². The number of carbonyl (C=O) groups excluding carboxylic acids is 2. The minimum Gasteiger partial charge on any atom is -0.497 e. The van der Waals surface area contributed by atoms with Gasteiger partial charge in [-0.15, -0.1) is 0 Å². The lowest BCUT2D eigenvalue weighted by molar-refractivity contribution is 0.0601. The van der Waals surface area contributed by atoms with Gasteiger partial charge in [-0.3, -0.25) is 9.78 Å². The number of hydrogen-bond acceptors (Lipinski definition) is 5. The summed E-state index contributed by atoms with van der Waals surface area (Å²) in [6.07, 6.45) is 0. The van der Waals surface area contributed by atoms with E-state index in [4.69, 9.17) is 9.47 Å². The molecule has 0 aliphatic heterocycles. The fourth-order valence-electron chi connectivity index (χ4n) is 2.85. The topological polar surface area (TPSA) is 77.5 Å². The third kappa shape index (κ3) is 3.74. The minimum atomic E-state index is -0.562. The van der Waals surface area contributed by atoms with Crippen molar-refractivity contribution in [2.24, 2.45) is 0 Å². The number of aromatic nitrogens is 1. The molecule has 0 bridgehead atoms. The first-order valence-corrected chi connectivity index (χ1v) is 8.38. The van der Waals surface area contributed by atoms with Gasteiger partial charge in [-0.25, -0.2) is 4.79 Å². The number of carbonyl (C=O) groups is 2. The van der Waals surface area contributed by atoms with Crippen LogP contribution in [0.3, 0.4) is 0 Å². The number of benzene rings is 2. The second-order valence-corrected chi connectivity index (χ2v) is 6.17. The Kier molecular flexibility index (Phi) is 5.07. The van der Waals surface area contributed by atoms with Crippen molar-refractivity contribution in [2.75, 3.05) is 19.5 Å². The molecular weight excluding hydrogens is 344 g/mol. The van der Waals surface area contributed by atoms with Gasteiger partial charge in [0.1, 0.15) is 5.75 Å². The monoisotopic (exact) mass is 364 g/mol. The Bertz CT molecular complexity index is 1040. The average molecular weight is 364 g/mol. The van der Waals surface area contributed by atoms with Crippen LogP contribution in [0.4, 0.5) is 5.69 Å². The largest absolute Gasteiger partial charge is 0.497 e. The summed E-state index contributed by atoms with van der Waals surface area (Å²) >= 11 is 0. The Balaban J connectivity index is 1.99. The summed E-state index contributed by atoms with van der Waals surface area (Å²) in [5, 5.41) is 3.66. The molecule has 1 amide bonds. The molecule has 0 radical (unpaired) electrons. The molecule has 1 aromatic heterocycles. The number of anilines is 1. The Hall–Kier alpha value is -3.41. The number of esters is 1. The molecule has 27 heavy (non-hydrogen) atoms. The van der Waals surface area contributed by atoms with E-state index >= 15 is 0 Å². The zero-order chi connectivity index (χ0) is 19.6. The molecule has 0 fully saturated rings. The molecule has 0 aliphatic carbocycles. The van der Waals surface area contributed by atoms with Crippen LogP contribution < -0.4 is 10.1 Å². The Morgan fingerprint density at radius 1 is 0.963 bits per heavy atom. The van der Waals surface area contributed by atoms with Gasteiger partial charge in [-0.05, 0) is 50.2 Å². The van der Waals surface area contributed by atoms with Gasteiger partial charge in [-0.2, -0.15) is 0 Å². The van der Waals surface area contributed by atoms with Gasteiger partial charge in [0.2, 0.25) is 0 Å². The number of aryl methyl sites for hydroxylation is 2. The number of rotatable bonds is 4. The summed E-state index contributed by atoms with van der Waals surface area (Å²) in [5.74, 6) is -0.417. The van der Waals surface area contributed by atoms with Crippen LogP contribution in [0, 0.1) is 13.8 Å². The molecule has 0 unspecified atom stereocenters. The summed E-state index contributed by atoms with van der Waals surface area (Å²) in [6.45, 7) is 3.77. The summed E-state index contributed by atoms with van der Waals surface area (Å²) in [6, 6.07) is 12.5. The molecule has 0 saturated carbocycles. The van der Waals surface area contributed by atoms with Crippen LogP contribution in [-0.4, -0.2) is 31.1 Å². The number of amides is 1. The molecule has 0 spiro atoms. The van der Waals surface area contributed by atoms with E-state index in [9.17, 15) is 9.59 Å². The maximum atomic E-state index is 12.8. The lowest BCUT2D eigenvalue weighted by atomic mass is 10.1. The molecule has 6 heteroatoms. The van der Waals surface area contributed by atoms with E-state index in [1.807, 2.05) is 25.1 Å². The minimum absolute atomic E-state index is 0.215. The number of hydrogen-bond donors (Lipinski definition) is 1. The third-order valence-corrected chi connectivity index (χ3v) is 4.29. The van der Waals surface area contributed by atoms with Gasteiger partial charge >= 0.3 is 5.97 Å². The highest BCUT2D eigenvalue weighted by molar-refractivity contribution is 6.09. The molecule has 1 N–H and O–H groups in total. The zero-order valence-corrected chi connectivity index (χ0v) is 15.6. The molecule has 138 valence electrons. The van der Waals surface area contributed by atoms with Gasteiger partial charge in [0.25, 0.3) is 5.91 Å². The second-order valence-electron chi connectivity index (χ2n) is 6.17. The Morgan fingerprint density at radius 3 is 2.44 bits per heavy atom. The van der Waals surface area contributed by atoms with Crippen molar-refractivity contribution >= 4 is 28.5 Å². The van der Waals surface area contributed by atoms with E-state index in [2.05, 4.69) is 10.3 Å². The number of nitrogens with one attached hydrogen (secondary N) is 1. The van der Waals surface area contributed by atoms with Gasteiger partial charge in [0.15, 0.2) is 0 Å². The summed E-state index contributed by atoms with van der Waals surface area (Å²) < 4.78 is 9.94. The third-order valence-electron chi connectivity index (χ3n) is 4.29. The maximum Gasteiger partial charge on any atom is 0.340 e. The van der Waals surface area contributed by atoms with E-state index in [0.29, 0.717) is 22.7 Å². The summed E-state index contributed by atoms with van der Waals surface area (Å²) in [4.78, 5) is 29.4. The van der Waals surface area contributed by atoms with E-state index in [1.165, 1.54) is 20.3 Å². The molecule has 6 nitrogen and oxygen atoms in total. The molecule has 0 aliphatic rings. The van der Waals surface area contributed by atoms with E-state index in [-0.39, 0.29) is 11.5 Å². The Labute approximate surface area is 157 Å². The molecule has 0 atom stereocenters. The first-order chi connectivity index (χ1) is 12.9.